The number of esters is 2. The number of cyclic esters (lactones) is 1. The van der Waals surface area contributed by atoms with Gasteiger partial charge in [0.15, 0.2) is 8.32 Å². The van der Waals surface area contributed by atoms with Gasteiger partial charge >= 0.3 is 11.9 Å². The minimum Gasteiger partial charge on any atom is -0.459 e. The van der Waals surface area contributed by atoms with Crippen molar-refractivity contribution in [2.75, 3.05) is 6.61 Å². The molecule has 2 rings (SSSR count). The standard InChI is InChI=1S/C19H28O5Si/c1-19(2,3)25(4,5)24-15-11-16(23-17(20)12-15)13-22-18(21)14-9-7-6-8-10-14/h6-10,15-16H,11-13H2,1-5H3/t15-,16+/m1/s1. The van der Waals surface area contributed by atoms with Crippen molar-refractivity contribution >= 4 is 20.3 Å². The van der Waals surface area contributed by atoms with Gasteiger partial charge in [-0.25, -0.2) is 4.79 Å². The molecule has 0 radical (unpaired) electrons. The van der Waals surface area contributed by atoms with E-state index in [1.807, 2.05) is 6.07 Å². The van der Waals surface area contributed by atoms with E-state index in [4.69, 9.17) is 13.9 Å². The van der Waals surface area contributed by atoms with Crippen LogP contribution >= 0.6 is 0 Å². The summed E-state index contributed by atoms with van der Waals surface area (Å²) in [6.45, 7) is 10.9. The maximum absolute atomic E-state index is 12.0. The summed E-state index contributed by atoms with van der Waals surface area (Å²) in [5.74, 6) is -0.709. The number of hydrogen-bond acceptors (Lipinski definition) is 5. The van der Waals surface area contributed by atoms with Crippen LogP contribution in [0.25, 0.3) is 0 Å². The molecule has 1 fully saturated rings. The molecule has 0 unspecified atom stereocenters. The van der Waals surface area contributed by atoms with E-state index in [0.717, 1.165) is 0 Å². The first kappa shape index (κ1) is 19.7. The van der Waals surface area contributed by atoms with Crippen molar-refractivity contribution in [3.8, 4) is 0 Å². The third kappa shape index (κ3) is 5.41. The zero-order chi connectivity index (χ0) is 18.7. The quantitative estimate of drug-likeness (QED) is 0.585. The lowest BCUT2D eigenvalue weighted by Crippen LogP contribution is -2.47. The van der Waals surface area contributed by atoms with Crippen molar-refractivity contribution in [2.24, 2.45) is 0 Å². The fourth-order valence-electron chi connectivity index (χ4n) is 2.46. The van der Waals surface area contributed by atoms with Gasteiger partial charge in [-0.3, -0.25) is 4.79 Å². The Bertz CT molecular complexity index is 606. The van der Waals surface area contributed by atoms with Gasteiger partial charge in [0.25, 0.3) is 0 Å². The van der Waals surface area contributed by atoms with Crippen LogP contribution in [0.15, 0.2) is 30.3 Å². The van der Waals surface area contributed by atoms with E-state index >= 15 is 0 Å². The summed E-state index contributed by atoms with van der Waals surface area (Å²) in [4.78, 5) is 23.9. The molecule has 0 saturated carbocycles. The molecule has 1 aromatic carbocycles. The van der Waals surface area contributed by atoms with Gasteiger partial charge in [0.05, 0.1) is 18.1 Å². The molecule has 6 heteroatoms. The van der Waals surface area contributed by atoms with E-state index in [9.17, 15) is 9.59 Å². The second-order valence-electron chi connectivity index (χ2n) is 8.02. The minimum atomic E-state index is -1.96. The zero-order valence-corrected chi connectivity index (χ0v) is 16.7. The highest BCUT2D eigenvalue weighted by molar-refractivity contribution is 6.74. The fourth-order valence-corrected chi connectivity index (χ4v) is 3.82. The highest BCUT2D eigenvalue weighted by Crippen LogP contribution is 2.38. The summed E-state index contributed by atoms with van der Waals surface area (Å²) >= 11 is 0. The van der Waals surface area contributed by atoms with Crippen LogP contribution in [0.3, 0.4) is 0 Å². The van der Waals surface area contributed by atoms with Gasteiger partial charge in [0, 0.05) is 6.42 Å². The fraction of sp³-hybridized carbons (Fsp3) is 0.579. The molecule has 2 atom stereocenters. The Kier molecular flexibility index (Phi) is 6.06. The maximum atomic E-state index is 12.0. The minimum absolute atomic E-state index is 0.0524. The summed E-state index contributed by atoms with van der Waals surface area (Å²) < 4.78 is 17.0. The van der Waals surface area contributed by atoms with Gasteiger partial charge in [-0.05, 0) is 30.3 Å². The van der Waals surface area contributed by atoms with Crippen molar-refractivity contribution in [1.82, 2.24) is 0 Å². The molecule has 1 aromatic rings. The van der Waals surface area contributed by atoms with E-state index < -0.39 is 20.4 Å². The molecule has 0 N–H and O–H groups in total. The smallest absolute Gasteiger partial charge is 0.338 e. The largest absolute Gasteiger partial charge is 0.459 e. The van der Waals surface area contributed by atoms with Crippen LogP contribution in [-0.2, 0) is 18.7 Å². The Morgan fingerprint density at radius 2 is 1.88 bits per heavy atom. The molecule has 0 aliphatic carbocycles. The van der Waals surface area contributed by atoms with Gasteiger partial charge in [0.1, 0.15) is 12.7 Å². The van der Waals surface area contributed by atoms with E-state index in [1.54, 1.807) is 24.3 Å². The molecule has 138 valence electrons. The first-order valence-corrected chi connectivity index (χ1v) is 11.6. The van der Waals surface area contributed by atoms with E-state index in [2.05, 4.69) is 33.9 Å². The summed E-state index contributed by atoms with van der Waals surface area (Å²) in [6, 6.07) is 8.78. The normalized spacial score (nSPS) is 21.6. The van der Waals surface area contributed by atoms with Crippen molar-refractivity contribution in [3.05, 3.63) is 35.9 Å². The first-order chi connectivity index (χ1) is 11.6. The highest BCUT2D eigenvalue weighted by atomic mass is 28.4. The number of hydrogen-bond donors (Lipinski definition) is 0. The molecule has 0 aromatic heterocycles. The monoisotopic (exact) mass is 364 g/mol. The summed E-state index contributed by atoms with van der Waals surface area (Å²) in [5, 5.41) is 0.0730. The molecule has 1 aliphatic heterocycles. The van der Waals surface area contributed by atoms with Crippen LogP contribution in [0.4, 0.5) is 0 Å². The number of benzene rings is 1. The third-order valence-electron chi connectivity index (χ3n) is 4.90. The number of ether oxygens (including phenoxy) is 2. The predicted molar refractivity (Wildman–Crippen MR) is 97.9 cm³/mol. The lowest BCUT2D eigenvalue weighted by atomic mass is 10.1. The topological polar surface area (TPSA) is 61.8 Å². The van der Waals surface area contributed by atoms with Crippen molar-refractivity contribution in [3.63, 3.8) is 0 Å². The number of rotatable bonds is 5. The van der Waals surface area contributed by atoms with Crippen LogP contribution < -0.4 is 0 Å². The molecule has 1 saturated heterocycles. The second kappa shape index (κ2) is 7.70. The summed E-state index contributed by atoms with van der Waals surface area (Å²) in [5.41, 5.74) is 0.485. The summed E-state index contributed by atoms with van der Waals surface area (Å²) in [7, 11) is -1.96. The molecule has 1 heterocycles. The van der Waals surface area contributed by atoms with E-state index in [-0.39, 0.29) is 30.1 Å². The number of carbonyl (C=O) groups excluding carboxylic acids is 2. The highest BCUT2D eigenvalue weighted by Gasteiger charge is 2.41. The Hall–Kier alpha value is -1.66. The van der Waals surface area contributed by atoms with E-state index in [1.165, 1.54) is 0 Å². The van der Waals surface area contributed by atoms with E-state index in [0.29, 0.717) is 12.0 Å². The van der Waals surface area contributed by atoms with Crippen LogP contribution in [0.2, 0.25) is 18.1 Å². The molecule has 0 amide bonds. The first-order valence-electron chi connectivity index (χ1n) is 8.68. The molecule has 0 bridgehead atoms. The van der Waals surface area contributed by atoms with Gasteiger partial charge in [-0.15, -0.1) is 0 Å². The average molecular weight is 365 g/mol. The van der Waals surface area contributed by atoms with Gasteiger partial charge in [-0.2, -0.15) is 0 Å². The van der Waals surface area contributed by atoms with Gasteiger partial charge in [-0.1, -0.05) is 39.0 Å². The van der Waals surface area contributed by atoms with Crippen LogP contribution in [0.1, 0.15) is 44.0 Å². The zero-order valence-electron chi connectivity index (χ0n) is 15.7. The lowest BCUT2D eigenvalue weighted by molar-refractivity contribution is -0.162. The number of carbonyl (C=O) groups is 2. The summed E-state index contributed by atoms with van der Waals surface area (Å²) in [6.07, 6.45) is 0.182. The molecule has 25 heavy (non-hydrogen) atoms. The van der Waals surface area contributed by atoms with Crippen molar-refractivity contribution in [1.29, 1.82) is 0 Å². The Labute approximate surface area is 150 Å². The molecular weight excluding hydrogens is 336 g/mol. The molecule has 0 spiro atoms. The van der Waals surface area contributed by atoms with Gasteiger partial charge in [0.2, 0.25) is 0 Å². The maximum Gasteiger partial charge on any atom is 0.338 e. The molecule has 5 nitrogen and oxygen atoms in total. The van der Waals surface area contributed by atoms with Crippen LogP contribution in [-0.4, -0.2) is 39.1 Å². The Balaban J connectivity index is 1.92. The average Bonchev–Trinajstić information content (AvgIpc) is 2.51. The van der Waals surface area contributed by atoms with Crippen molar-refractivity contribution in [2.45, 2.75) is 64.0 Å². The second-order valence-corrected chi connectivity index (χ2v) is 12.8. The predicted octanol–water partition coefficient (Wildman–Crippen LogP) is 3.94. The lowest BCUT2D eigenvalue weighted by Gasteiger charge is -2.41. The van der Waals surface area contributed by atoms with Crippen LogP contribution in [0.5, 0.6) is 0 Å². The third-order valence-corrected chi connectivity index (χ3v) is 9.43. The van der Waals surface area contributed by atoms with Crippen LogP contribution in [0, 0.1) is 0 Å². The Morgan fingerprint density at radius 1 is 1.24 bits per heavy atom. The molecule has 1 aliphatic rings. The van der Waals surface area contributed by atoms with Crippen molar-refractivity contribution < 1.29 is 23.5 Å². The molecular formula is C19H28O5Si. The SMILES string of the molecule is CC(C)(C)[Si](C)(C)O[C@H]1CC(=O)O[C@H](COC(=O)c2ccccc2)C1. The Morgan fingerprint density at radius 3 is 2.48 bits per heavy atom. The van der Waals surface area contributed by atoms with Gasteiger partial charge < -0.3 is 13.9 Å².